The molecule has 1 aromatic carbocycles. The molecule has 96 valence electrons. The maximum atomic E-state index is 9.25. The number of furan rings is 1. The molecule has 0 aliphatic heterocycles. The molecule has 0 amide bonds. The standard InChI is InChI=1S/C15H19NO2/c1-10(16-9-11-6-13(17)7-11)15-8-12-4-2-3-5-14(12)18-15/h2-5,8,10-11,13,16-17H,6-7,9H2,1H3. The van der Waals surface area contributed by atoms with Crippen LogP contribution in [-0.4, -0.2) is 17.8 Å². The summed E-state index contributed by atoms with van der Waals surface area (Å²) in [6, 6.07) is 10.4. The minimum atomic E-state index is -0.0710. The van der Waals surface area contributed by atoms with Gasteiger partial charge in [0.05, 0.1) is 12.1 Å². The van der Waals surface area contributed by atoms with Gasteiger partial charge in [-0.2, -0.15) is 0 Å². The zero-order chi connectivity index (χ0) is 12.5. The molecule has 2 N–H and O–H groups in total. The van der Waals surface area contributed by atoms with E-state index in [0.29, 0.717) is 5.92 Å². The van der Waals surface area contributed by atoms with Gasteiger partial charge in [-0.15, -0.1) is 0 Å². The van der Waals surface area contributed by atoms with E-state index in [-0.39, 0.29) is 12.1 Å². The smallest absolute Gasteiger partial charge is 0.134 e. The first kappa shape index (κ1) is 11.8. The molecular weight excluding hydrogens is 226 g/mol. The normalized spacial score (nSPS) is 25.0. The van der Waals surface area contributed by atoms with Crippen LogP contribution in [0.5, 0.6) is 0 Å². The van der Waals surface area contributed by atoms with Gasteiger partial charge in [0.2, 0.25) is 0 Å². The van der Waals surface area contributed by atoms with Gasteiger partial charge >= 0.3 is 0 Å². The Kier molecular flexibility index (Phi) is 3.10. The maximum Gasteiger partial charge on any atom is 0.134 e. The summed E-state index contributed by atoms with van der Waals surface area (Å²) in [5.41, 5.74) is 0.945. The molecule has 3 rings (SSSR count). The van der Waals surface area contributed by atoms with Gasteiger partial charge in [0, 0.05) is 5.39 Å². The molecule has 1 unspecified atom stereocenters. The third kappa shape index (κ3) is 2.28. The summed E-state index contributed by atoms with van der Waals surface area (Å²) >= 11 is 0. The average Bonchev–Trinajstić information content (AvgIpc) is 2.76. The molecule has 3 nitrogen and oxygen atoms in total. The van der Waals surface area contributed by atoms with E-state index in [9.17, 15) is 5.11 Å². The fourth-order valence-corrected chi connectivity index (χ4v) is 2.53. The molecule has 18 heavy (non-hydrogen) atoms. The Morgan fingerprint density at radius 1 is 1.39 bits per heavy atom. The lowest BCUT2D eigenvalue weighted by Crippen LogP contribution is -2.36. The maximum absolute atomic E-state index is 9.25. The van der Waals surface area contributed by atoms with Crippen LogP contribution in [0, 0.1) is 5.92 Å². The Morgan fingerprint density at radius 2 is 2.17 bits per heavy atom. The summed E-state index contributed by atoms with van der Waals surface area (Å²) in [6.07, 6.45) is 1.79. The van der Waals surface area contributed by atoms with Crippen molar-refractivity contribution in [1.82, 2.24) is 5.32 Å². The highest BCUT2D eigenvalue weighted by Crippen LogP contribution is 2.28. The fourth-order valence-electron chi connectivity index (χ4n) is 2.53. The zero-order valence-electron chi connectivity index (χ0n) is 10.6. The number of aliphatic hydroxyl groups excluding tert-OH is 1. The molecule has 1 heterocycles. The number of hydrogen-bond acceptors (Lipinski definition) is 3. The Morgan fingerprint density at radius 3 is 2.89 bits per heavy atom. The molecule has 0 radical (unpaired) electrons. The number of nitrogens with one attached hydrogen (secondary N) is 1. The van der Waals surface area contributed by atoms with Crippen LogP contribution < -0.4 is 5.32 Å². The van der Waals surface area contributed by atoms with Crippen molar-refractivity contribution < 1.29 is 9.52 Å². The molecule has 1 saturated carbocycles. The predicted octanol–water partition coefficient (Wildman–Crippen LogP) is 2.85. The van der Waals surface area contributed by atoms with Crippen LogP contribution in [0.25, 0.3) is 11.0 Å². The first-order valence-electron chi connectivity index (χ1n) is 6.62. The fraction of sp³-hybridized carbons (Fsp3) is 0.467. The van der Waals surface area contributed by atoms with Crippen LogP contribution in [-0.2, 0) is 0 Å². The number of hydrogen-bond donors (Lipinski definition) is 2. The summed E-state index contributed by atoms with van der Waals surface area (Å²) in [7, 11) is 0. The van der Waals surface area contributed by atoms with Crippen molar-refractivity contribution in [3.05, 3.63) is 36.1 Å². The van der Waals surface area contributed by atoms with E-state index < -0.39 is 0 Å². The lowest BCUT2D eigenvalue weighted by Gasteiger charge is -2.32. The summed E-state index contributed by atoms with van der Waals surface area (Å²) in [6.45, 7) is 3.07. The first-order valence-corrected chi connectivity index (χ1v) is 6.62. The van der Waals surface area contributed by atoms with E-state index in [1.54, 1.807) is 0 Å². The van der Waals surface area contributed by atoms with E-state index in [2.05, 4.69) is 24.4 Å². The molecular formula is C15H19NO2. The minimum absolute atomic E-state index is 0.0710. The summed E-state index contributed by atoms with van der Waals surface area (Å²) in [5, 5.41) is 13.9. The number of para-hydroxylation sites is 1. The number of rotatable bonds is 4. The van der Waals surface area contributed by atoms with Gasteiger partial charge in [-0.1, -0.05) is 18.2 Å². The predicted molar refractivity (Wildman–Crippen MR) is 71.4 cm³/mol. The summed E-state index contributed by atoms with van der Waals surface area (Å²) in [5.74, 6) is 1.60. The van der Waals surface area contributed by atoms with Crippen molar-refractivity contribution in [1.29, 1.82) is 0 Å². The Labute approximate surface area is 107 Å². The molecule has 1 aliphatic carbocycles. The van der Waals surface area contributed by atoms with Gasteiger partial charge < -0.3 is 14.8 Å². The number of aliphatic hydroxyl groups is 1. The molecule has 1 atom stereocenters. The largest absolute Gasteiger partial charge is 0.459 e. The molecule has 2 aromatic rings. The van der Waals surface area contributed by atoms with Crippen LogP contribution in [0.1, 0.15) is 31.6 Å². The Hall–Kier alpha value is -1.32. The van der Waals surface area contributed by atoms with Crippen LogP contribution in [0.3, 0.4) is 0 Å². The third-order valence-corrected chi connectivity index (χ3v) is 3.79. The molecule has 1 aliphatic rings. The molecule has 3 heteroatoms. The SMILES string of the molecule is CC(NCC1CC(O)C1)c1cc2ccccc2o1. The van der Waals surface area contributed by atoms with Crippen molar-refractivity contribution in [3.63, 3.8) is 0 Å². The van der Waals surface area contributed by atoms with E-state index in [1.807, 2.05) is 18.2 Å². The molecule has 0 saturated heterocycles. The second kappa shape index (κ2) is 4.75. The number of fused-ring (bicyclic) bond motifs is 1. The summed E-state index contributed by atoms with van der Waals surface area (Å²) < 4.78 is 5.82. The minimum Gasteiger partial charge on any atom is -0.459 e. The van der Waals surface area contributed by atoms with Gasteiger partial charge in [-0.05, 0) is 44.4 Å². The van der Waals surface area contributed by atoms with Crippen LogP contribution >= 0.6 is 0 Å². The highest BCUT2D eigenvalue weighted by Gasteiger charge is 2.27. The van der Waals surface area contributed by atoms with Crippen molar-refractivity contribution in [2.45, 2.75) is 31.9 Å². The van der Waals surface area contributed by atoms with E-state index in [1.165, 1.54) is 0 Å². The highest BCUT2D eigenvalue weighted by molar-refractivity contribution is 5.77. The summed E-state index contributed by atoms with van der Waals surface area (Å²) in [4.78, 5) is 0. The van der Waals surface area contributed by atoms with Crippen molar-refractivity contribution in [2.75, 3.05) is 6.54 Å². The lowest BCUT2D eigenvalue weighted by atomic mass is 9.82. The van der Waals surface area contributed by atoms with Gasteiger partial charge in [-0.3, -0.25) is 0 Å². The van der Waals surface area contributed by atoms with Crippen LogP contribution in [0.2, 0.25) is 0 Å². The van der Waals surface area contributed by atoms with Crippen LogP contribution in [0.4, 0.5) is 0 Å². The van der Waals surface area contributed by atoms with E-state index >= 15 is 0 Å². The first-order chi connectivity index (χ1) is 8.72. The number of benzene rings is 1. The second-order valence-corrected chi connectivity index (χ2v) is 5.31. The Bertz CT molecular complexity index is 495. The zero-order valence-corrected chi connectivity index (χ0v) is 10.6. The van der Waals surface area contributed by atoms with E-state index in [4.69, 9.17) is 4.42 Å². The van der Waals surface area contributed by atoms with Crippen molar-refractivity contribution >= 4 is 11.0 Å². The second-order valence-electron chi connectivity index (χ2n) is 5.31. The van der Waals surface area contributed by atoms with Gasteiger partial charge in [0.25, 0.3) is 0 Å². The molecule has 1 fully saturated rings. The molecule has 0 spiro atoms. The third-order valence-electron chi connectivity index (χ3n) is 3.79. The van der Waals surface area contributed by atoms with Gasteiger partial charge in [-0.25, -0.2) is 0 Å². The molecule has 1 aromatic heterocycles. The lowest BCUT2D eigenvalue weighted by molar-refractivity contribution is 0.0418. The van der Waals surface area contributed by atoms with Crippen molar-refractivity contribution in [2.24, 2.45) is 5.92 Å². The Balaban J connectivity index is 1.62. The molecule has 0 bridgehead atoms. The van der Waals surface area contributed by atoms with Gasteiger partial charge in [0.15, 0.2) is 0 Å². The quantitative estimate of drug-likeness (QED) is 0.870. The monoisotopic (exact) mass is 245 g/mol. The highest BCUT2D eigenvalue weighted by atomic mass is 16.3. The topological polar surface area (TPSA) is 45.4 Å². The average molecular weight is 245 g/mol. The van der Waals surface area contributed by atoms with E-state index in [0.717, 1.165) is 36.1 Å². The van der Waals surface area contributed by atoms with Crippen molar-refractivity contribution in [3.8, 4) is 0 Å². The van der Waals surface area contributed by atoms with Crippen LogP contribution in [0.15, 0.2) is 34.7 Å². The van der Waals surface area contributed by atoms with Gasteiger partial charge in [0.1, 0.15) is 11.3 Å².